The number of nitrogens with one attached hydrogen (secondary N) is 1. The topological polar surface area (TPSA) is 184 Å². The zero-order valence-corrected chi connectivity index (χ0v) is 14.8. The summed E-state index contributed by atoms with van der Waals surface area (Å²) in [7, 11) is 0. The van der Waals surface area contributed by atoms with Crippen molar-refractivity contribution >= 4 is 17.9 Å². The SMILES string of the molecule is CC(O)C([NH-])C(=O)O.O=C(O)C[N-]C(CC1CCCC[N-]1)C(=O)O.[Co+3]. The first kappa shape index (κ1) is 26.0. The summed E-state index contributed by atoms with van der Waals surface area (Å²) < 4.78 is 0. The van der Waals surface area contributed by atoms with Crippen LogP contribution in [0.1, 0.15) is 32.6 Å². The van der Waals surface area contributed by atoms with Crippen LogP contribution in [0.25, 0.3) is 16.4 Å². The maximum atomic E-state index is 10.9. The molecule has 0 radical (unpaired) electrons. The Kier molecular flexibility index (Phi) is 14.5. The van der Waals surface area contributed by atoms with E-state index >= 15 is 0 Å². The Labute approximate surface area is 156 Å². The number of carboxylic acid groups (broad SMARTS) is 3. The Hall–Kier alpha value is -1.24. The van der Waals surface area contributed by atoms with Crippen molar-refractivity contribution in [1.82, 2.24) is 0 Å². The number of piperidine rings is 1. The smallest absolute Gasteiger partial charge is 0.663 e. The molecule has 0 aromatic heterocycles. The minimum atomic E-state index is -1.41. The number of rotatable bonds is 8. The van der Waals surface area contributed by atoms with Crippen LogP contribution in [0.3, 0.4) is 0 Å². The molecule has 25 heavy (non-hydrogen) atoms. The van der Waals surface area contributed by atoms with Gasteiger partial charge in [-0.2, -0.15) is 0 Å². The van der Waals surface area contributed by atoms with E-state index in [2.05, 4.69) is 10.6 Å². The molecule has 0 aromatic carbocycles. The van der Waals surface area contributed by atoms with Gasteiger partial charge in [0.1, 0.15) is 0 Å². The molecule has 1 heterocycles. The van der Waals surface area contributed by atoms with Gasteiger partial charge in [0, 0.05) is 6.10 Å². The molecule has 0 spiro atoms. The molecule has 0 aliphatic carbocycles. The number of aliphatic hydroxyl groups excluding tert-OH is 1. The predicted molar refractivity (Wildman–Crippen MR) is 85.2 cm³/mol. The Balaban J connectivity index is 0. The van der Waals surface area contributed by atoms with E-state index in [9.17, 15) is 14.4 Å². The molecule has 0 aromatic rings. The number of nitrogens with zero attached hydrogens (tertiary/aromatic N) is 2. The Morgan fingerprint density at radius 2 is 1.80 bits per heavy atom. The normalized spacial score (nSPS) is 20.0. The summed E-state index contributed by atoms with van der Waals surface area (Å²) in [6.07, 6.45) is 2.22. The van der Waals surface area contributed by atoms with Gasteiger partial charge in [-0.05, 0) is 25.6 Å². The third-order valence-electron chi connectivity index (χ3n) is 3.31. The van der Waals surface area contributed by atoms with E-state index in [1.54, 1.807) is 0 Å². The monoisotopic (exact) mass is 405 g/mol. The van der Waals surface area contributed by atoms with Gasteiger partial charge >= 0.3 is 16.8 Å². The van der Waals surface area contributed by atoms with Gasteiger partial charge in [-0.25, -0.2) is 0 Å². The van der Waals surface area contributed by atoms with E-state index in [1.165, 1.54) is 6.92 Å². The van der Waals surface area contributed by atoms with E-state index in [0.29, 0.717) is 6.42 Å². The summed E-state index contributed by atoms with van der Waals surface area (Å²) in [4.78, 5) is 31.0. The number of hydrogen-bond donors (Lipinski definition) is 4. The van der Waals surface area contributed by atoms with Crippen LogP contribution < -0.4 is 0 Å². The van der Waals surface area contributed by atoms with Crippen LogP contribution in [0.15, 0.2) is 0 Å². The minimum Gasteiger partial charge on any atom is -0.663 e. The standard InChI is InChI=1S/C10H16N2O4.C4H8NO3.Co/c13-9(14)6-12-8(10(15)16)5-7-3-1-2-4-11-7;1-2(6)3(5)4(7)8;/h7-8H,1-6H2,(H,13,14)(H,15,16);2-3,5-6H,1H3,(H,7,8);/q-2;-1;+3. The van der Waals surface area contributed by atoms with E-state index in [0.717, 1.165) is 25.8 Å². The molecule has 10 nitrogen and oxygen atoms in total. The second-order valence-corrected chi connectivity index (χ2v) is 5.44. The molecule has 4 atom stereocenters. The number of carboxylic acids is 3. The van der Waals surface area contributed by atoms with E-state index in [-0.39, 0.29) is 22.8 Å². The predicted octanol–water partition coefficient (Wildman–Crippen LogP) is 1.08. The second kappa shape index (κ2) is 14.0. The maximum Gasteiger partial charge on any atom is 3.00 e. The first-order valence-electron chi connectivity index (χ1n) is 7.55. The largest absolute Gasteiger partial charge is 3.00 e. The molecular formula is C14H24CoN3O7. The summed E-state index contributed by atoms with van der Waals surface area (Å²) in [5, 5.41) is 41.7. The molecule has 146 valence electrons. The van der Waals surface area contributed by atoms with Gasteiger partial charge in [-0.15, -0.1) is 12.6 Å². The summed E-state index contributed by atoms with van der Waals surface area (Å²) in [5.74, 6) is -3.46. The molecule has 0 saturated carbocycles. The van der Waals surface area contributed by atoms with Gasteiger partial charge in [-0.1, -0.05) is 25.7 Å². The fraction of sp³-hybridized carbons (Fsp3) is 0.786. The van der Waals surface area contributed by atoms with Gasteiger partial charge < -0.3 is 36.8 Å². The van der Waals surface area contributed by atoms with Crippen LogP contribution in [-0.4, -0.2) is 75.7 Å². The molecule has 1 aliphatic rings. The Morgan fingerprint density at radius 3 is 2.12 bits per heavy atom. The van der Waals surface area contributed by atoms with Crippen molar-refractivity contribution in [3.63, 3.8) is 0 Å². The van der Waals surface area contributed by atoms with Crippen LogP contribution in [0.4, 0.5) is 0 Å². The molecule has 4 unspecified atom stereocenters. The summed E-state index contributed by atoms with van der Waals surface area (Å²) in [6, 6.07) is -2.33. The number of aliphatic carboxylic acids is 3. The molecule has 0 bridgehead atoms. The summed E-state index contributed by atoms with van der Waals surface area (Å²) >= 11 is 0. The van der Waals surface area contributed by atoms with Crippen molar-refractivity contribution in [2.75, 3.05) is 13.1 Å². The first-order chi connectivity index (χ1) is 11.1. The van der Waals surface area contributed by atoms with E-state index in [1.807, 2.05) is 0 Å². The zero-order chi connectivity index (χ0) is 18.7. The van der Waals surface area contributed by atoms with Crippen LogP contribution in [0, 0.1) is 0 Å². The molecule has 1 saturated heterocycles. The quantitative estimate of drug-likeness (QED) is 0.465. The first-order valence-corrected chi connectivity index (χ1v) is 7.55. The van der Waals surface area contributed by atoms with Crippen LogP contribution in [-0.2, 0) is 31.2 Å². The Morgan fingerprint density at radius 1 is 1.20 bits per heavy atom. The minimum absolute atomic E-state index is 0. The molecule has 5 N–H and O–H groups in total. The summed E-state index contributed by atoms with van der Waals surface area (Å²) in [5.41, 5.74) is 6.63. The van der Waals surface area contributed by atoms with Crippen molar-refractivity contribution in [1.29, 1.82) is 0 Å². The fourth-order valence-corrected chi connectivity index (χ4v) is 1.96. The zero-order valence-electron chi connectivity index (χ0n) is 13.8. The van der Waals surface area contributed by atoms with Gasteiger partial charge in [0.25, 0.3) is 17.9 Å². The second-order valence-electron chi connectivity index (χ2n) is 5.44. The molecule has 11 heteroatoms. The molecule has 0 amide bonds. The molecule has 1 rings (SSSR count). The van der Waals surface area contributed by atoms with Crippen molar-refractivity contribution in [3.05, 3.63) is 16.4 Å². The third-order valence-corrected chi connectivity index (χ3v) is 3.31. The Bertz CT molecular complexity index is 417. The number of aliphatic hydroxyl groups is 1. The van der Waals surface area contributed by atoms with Gasteiger partial charge in [0.15, 0.2) is 0 Å². The molecule has 1 fully saturated rings. The average molecular weight is 405 g/mol. The third kappa shape index (κ3) is 12.7. The van der Waals surface area contributed by atoms with Crippen molar-refractivity contribution in [3.8, 4) is 0 Å². The van der Waals surface area contributed by atoms with E-state index in [4.69, 9.17) is 26.2 Å². The van der Waals surface area contributed by atoms with Gasteiger partial charge in [-0.3, -0.25) is 14.4 Å². The fourth-order valence-electron chi connectivity index (χ4n) is 1.96. The van der Waals surface area contributed by atoms with Crippen molar-refractivity contribution in [2.45, 2.75) is 56.8 Å². The number of hydrogen-bond acceptors (Lipinski definition) is 4. The van der Waals surface area contributed by atoms with Crippen LogP contribution >= 0.6 is 0 Å². The van der Waals surface area contributed by atoms with Gasteiger partial charge in [0.05, 0.1) is 0 Å². The van der Waals surface area contributed by atoms with Crippen LogP contribution in [0.2, 0.25) is 0 Å². The van der Waals surface area contributed by atoms with Gasteiger partial charge in [0.2, 0.25) is 0 Å². The molecular weight excluding hydrogens is 381 g/mol. The van der Waals surface area contributed by atoms with Crippen molar-refractivity contribution < 1.29 is 51.6 Å². The maximum absolute atomic E-state index is 10.9. The van der Waals surface area contributed by atoms with E-state index < -0.39 is 42.6 Å². The summed E-state index contributed by atoms with van der Waals surface area (Å²) in [6.45, 7) is 1.59. The van der Waals surface area contributed by atoms with Crippen LogP contribution in [0.5, 0.6) is 0 Å². The van der Waals surface area contributed by atoms with Crippen molar-refractivity contribution in [2.24, 2.45) is 0 Å². The number of carbonyl (C=O) groups is 3. The average Bonchev–Trinajstić information content (AvgIpc) is 2.51. The molecule has 1 aliphatic heterocycles.